The van der Waals surface area contributed by atoms with Crippen molar-refractivity contribution in [3.8, 4) is 17.2 Å². The third kappa shape index (κ3) is 4.84. The Balaban J connectivity index is 1.81. The van der Waals surface area contributed by atoms with Crippen LogP contribution in [-0.2, 0) is 9.53 Å². The number of rotatable bonds is 7. The zero-order valence-corrected chi connectivity index (χ0v) is 22.4. The number of benzene rings is 3. The van der Waals surface area contributed by atoms with E-state index in [0.717, 1.165) is 11.1 Å². The number of hydrogen-bond donors (Lipinski definition) is 1. The smallest absolute Gasteiger partial charge is 0.338 e. The summed E-state index contributed by atoms with van der Waals surface area (Å²) >= 11 is 1.21. The van der Waals surface area contributed by atoms with Gasteiger partial charge in [-0.1, -0.05) is 72.0 Å². The molecule has 4 aromatic rings. The fourth-order valence-corrected chi connectivity index (χ4v) is 5.54. The van der Waals surface area contributed by atoms with Crippen LogP contribution in [-0.4, -0.2) is 36.5 Å². The summed E-state index contributed by atoms with van der Waals surface area (Å²) in [5.74, 6) is -0.233. The highest BCUT2D eigenvalue weighted by Crippen LogP contribution is 2.37. The summed E-state index contributed by atoms with van der Waals surface area (Å²) in [6.07, 6.45) is 1.69. The fourth-order valence-electron chi connectivity index (χ4n) is 4.54. The average Bonchev–Trinajstić information content (AvgIpc) is 3.28. The highest BCUT2D eigenvalue weighted by Gasteiger charge is 2.35. The number of esters is 1. The number of carbonyl (C=O) groups is 1. The minimum absolute atomic E-state index is 0.130. The molecule has 9 heteroatoms. The molecular weight excluding hydrogens is 516 g/mol. The quantitative estimate of drug-likeness (QED) is 0.358. The van der Waals surface area contributed by atoms with E-state index in [9.17, 15) is 14.7 Å². The monoisotopic (exact) mass is 542 g/mol. The summed E-state index contributed by atoms with van der Waals surface area (Å²) in [5, 5.41) is 10.3. The second kappa shape index (κ2) is 11.0. The van der Waals surface area contributed by atoms with Gasteiger partial charge in [0.15, 0.2) is 16.3 Å². The topological polar surface area (TPSA) is 99.4 Å². The lowest BCUT2D eigenvalue weighted by Gasteiger charge is -2.25. The normalized spacial score (nSPS) is 14.9. The molecule has 1 aliphatic heterocycles. The maximum Gasteiger partial charge on any atom is 0.338 e. The zero-order valence-electron chi connectivity index (χ0n) is 21.6. The molecule has 0 fully saturated rings. The van der Waals surface area contributed by atoms with Crippen LogP contribution in [0.15, 0.2) is 88.2 Å². The minimum Gasteiger partial charge on any atom is -0.502 e. The lowest BCUT2D eigenvalue weighted by atomic mass is 9.93. The molecule has 0 unspecified atom stereocenters. The number of phenols is 1. The van der Waals surface area contributed by atoms with E-state index < -0.39 is 12.0 Å². The van der Waals surface area contributed by atoms with Crippen LogP contribution in [0.25, 0.3) is 11.8 Å². The number of methoxy groups -OCH3 is 2. The number of ether oxygens (including phenoxy) is 3. The first-order valence-electron chi connectivity index (χ1n) is 12.2. The molecule has 0 spiro atoms. The number of thiazole rings is 1. The largest absolute Gasteiger partial charge is 0.502 e. The molecule has 0 saturated carbocycles. The van der Waals surface area contributed by atoms with Crippen LogP contribution in [0.2, 0.25) is 0 Å². The van der Waals surface area contributed by atoms with Crippen molar-refractivity contribution in [1.29, 1.82) is 0 Å². The SMILES string of the molecule is CCOC(=O)C1=C(c2ccccc2)N=c2s/c(=C/c3cc(OC)c(O)c(OC)c3)c(=O)n2[C@H]1c1ccccc1. The lowest BCUT2D eigenvalue weighted by molar-refractivity contribution is -0.138. The first-order valence-corrected chi connectivity index (χ1v) is 13.1. The van der Waals surface area contributed by atoms with E-state index in [-0.39, 0.29) is 29.4 Å². The van der Waals surface area contributed by atoms with E-state index in [1.54, 1.807) is 29.7 Å². The van der Waals surface area contributed by atoms with E-state index >= 15 is 0 Å². The van der Waals surface area contributed by atoms with Gasteiger partial charge in [-0.15, -0.1) is 0 Å². The van der Waals surface area contributed by atoms with Gasteiger partial charge in [-0.3, -0.25) is 9.36 Å². The predicted molar refractivity (Wildman–Crippen MR) is 149 cm³/mol. The maximum absolute atomic E-state index is 13.9. The van der Waals surface area contributed by atoms with Gasteiger partial charge >= 0.3 is 5.97 Å². The first kappa shape index (κ1) is 26.0. The summed E-state index contributed by atoms with van der Waals surface area (Å²) in [4.78, 5) is 32.7. The van der Waals surface area contributed by atoms with Gasteiger partial charge in [-0.2, -0.15) is 0 Å². The first-order chi connectivity index (χ1) is 19.0. The van der Waals surface area contributed by atoms with Crippen molar-refractivity contribution in [2.45, 2.75) is 13.0 Å². The molecule has 0 saturated heterocycles. The van der Waals surface area contributed by atoms with Gasteiger partial charge in [-0.25, -0.2) is 9.79 Å². The van der Waals surface area contributed by atoms with Crippen molar-refractivity contribution in [2.75, 3.05) is 20.8 Å². The molecule has 2 heterocycles. The van der Waals surface area contributed by atoms with Gasteiger partial charge < -0.3 is 19.3 Å². The van der Waals surface area contributed by atoms with Crippen LogP contribution in [0.4, 0.5) is 0 Å². The average molecular weight is 543 g/mol. The molecular formula is C30H26N2O6S. The van der Waals surface area contributed by atoms with Gasteiger partial charge in [0, 0.05) is 5.56 Å². The van der Waals surface area contributed by atoms with Crippen molar-refractivity contribution in [1.82, 2.24) is 4.57 Å². The van der Waals surface area contributed by atoms with Crippen LogP contribution < -0.4 is 24.4 Å². The van der Waals surface area contributed by atoms with E-state index in [1.165, 1.54) is 25.6 Å². The third-order valence-electron chi connectivity index (χ3n) is 6.29. The highest BCUT2D eigenvalue weighted by atomic mass is 32.1. The predicted octanol–water partition coefficient (Wildman–Crippen LogP) is 3.66. The van der Waals surface area contributed by atoms with Crippen molar-refractivity contribution in [2.24, 2.45) is 4.99 Å². The number of hydrogen-bond acceptors (Lipinski definition) is 8. The lowest BCUT2D eigenvalue weighted by Crippen LogP contribution is -2.39. The maximum atomic E-state index is 13.9. The molecule has 0 aliphatic carbocycles. The van der Waals surface area contributed by atoms with Crippen LogP contribution >= 0.6 is 11.3 Å². The Labute approximate surface area is 228 Å². The van der Waals surface area contributed by atoms with E-state index in [1.807, 2.05) is 60.7 Å². The molecule has 198 valence electrons. The van der Waals surface area contributed by atoms with Gasteiger partial charge in [0.2, 0.25) is 5.75 Å². The van der Waals surface area contributed by atoms with Gasteiger partial charge in [-0.05, 0) is 36.3 Å². The van der Waals surface area contributed by atoms with Crippen LogP contribution in [0.5, 0.6) is 17.2 Å². The van der Waals surface area contributed by atoms with Gasteiger partial charge in [0.25, 0.3) is 5.56 Å². The summed E-state index contributed by atoms with van der Waals surface area (Å²) in [5.41, 5.74) is 2.53. The zero-order chi connectivity index (χ0) is 27.5. The van der Waals surface area contributed by atoms with Crippen molar-refractivity contribution in [3.05, 3.63) is 115 Å². The molecule has 3 aromatic carbocycles. The number of aromatic nitrogens is 1. The standard InChI is InChI=1S/C30H26N2O6S/c1-4-38-29(35)24-25(19-11-7-5-8-12-19)31-30-32(26(24)20-13-9-6-10-14-20)28(34)23(39-30)17-18-15-21(36-2)27(33)22(16-18)37-3/h5-17,26,33H,4H2,1-3H3/b23-17+/t26-/m0/s1. The molecule has 1 N–H and O–H groups in total. The second-order valence-corrected chi connectivity index (χ2v) is 9.63. The molecule has 39 heavy (non-hydrogen) atoms. The Kier molecular flexibility index (Phi) is 7.33. The van der Waals surface area contributed by atoms with E-state index in [2.05, 4.69) is 0 Å². The summed E-state index contributed by atoms with van der Waals surface area (Å²) in [7, 11) is 2.88. The Morgan fingerprint density at radius 1 is 1.03 bits per heavy atom. The molecule has 1 aliphatic rings. The van der Waals surface area contributed by atoms with Gasteiger partial charge in [0.05, 0.1) is 42.7 Å². The van der Waals surface area contributed by atoms with Gasteiger partial charge in [0.1, 0.15) is 0 Å². The Hall–Kier alpha value is -4.63. The number of phenolic OH excluding ortho intramolecular Hbond substituents is 1. The minimum atomic E-state index is -0.747. The van der Waals surface area contributed by atoms with Crippen LogP contribution in [0.3, 0.4) is 0 Å². The molecule has 0 amide bonds. The second-order valence-electron chi connectivity index (χ2n) is 8.62. The van der Waals surface area contributed by atoms with Crippen molar-refractivity contribution in [3.63, 3.8) is 0 Å². The molecule has 0 radical (unpaired) electrons. The summed E-state index contributed by atoms with van der Waals surface area (Å²) in [6, 6.07) is 21.2. The molecule has 1 aromatic heterocycles. The Morgan fingerprint density at radius 2 is 1.64 bits per heavy atom. The van der Waals surface area contributed by atoms with Crippen LogP contribution in [0.1, 0.15) is 29.7 Å². The number of aromatic hydroxyl groups is 1. The number of carbonyl (C=O) groups excluding carboxylic acids is 1. The van der Waals surface area contributed by atoms with Crippen molar-refractivity contribution >= 4 is 29.1 Å². The molecule has 1 atom stereocenters. The molecule has 0 bridgehead atoms. The fraction of sp³-hybridized carbons (Fsp3) is 0.167. The Bertz CT molecular complexity index is 1710. The summed E-state index contributed by atoms with van der Waals surface area (Å²) < 4.78 is 18.0. The van der Waals surface area contributed by atoms with Crippen LogP contribution in [0, 0.1) is 0 Å². The van der Waals surface area contributed by atoms with Crippen molar-refractivity contribution < 1.29 is 24.1 Å². The summed E-state index contributed by atoms with van der Waals surface area (Å²) in [6.45, 7) is 1.93. The third-order valence-corrected chi connectivity index (χ3v) is 7.27. The highest BCUT2D eigenvalue weighted by molar-refractivity contribution is 7.07. The van der Waals surface area contributed by atoms with E-state index in [0.29, 0.717) is 26.2 Å². The number of nitrogens with zero attached hydrogens (tertiary/aromatic N) is 2. The Morgan fingerprint density at radius 3 is 2.23 bits per heavy atom. The van der Waals surface area contributed by atoms with E-state index in [4.69, 9.17) is 19.2 Å². The number of fused-ring (bicyclic) bond motifs is 1. The molecule has 8 nitrogen and oxygen atoms in total. The molecule has 5 rings (SSSR count).